The summed E-state index contributed by atoms with van der Waals surface area (Å²) < 4.78 is 0. The van der Waals surface area contributed by atoms with E-state index in [9.17, 15) is 4.79 Å². The lowest BCUT2D eigenvalue weighted by molar-refractivity contribution is -0.144. The predicted octanol–water partition coefficient (Wildman–Crippen LogP) is 1.26. The first-order valence-corrected chi connectivity index (χ1v) is 3.45. The second-order valence-electron chi connectivity index (χ2n) is 2.90. The first-order valence-electron chi connectivity index (χ1n) is 3.45. The molecule has 3 nitrogen and oxygen atoms in total. The molecule has 11 heavy (non-hydrogen) atoms. The van der Waals surface area contributed by atoms with Crippen LogP contribution in [0.3, 0.4) is 0 Å². The highest BCUT2D eigenvalue weighted by molar-refractivity contribution is 5.85. The highest BCUT2D eigenvalue weighted by Gasteiger charge is 2.33. The largest absolute Gasteiger partial charge is 0.480 e. The van der Waals surface area contributed by atoms with E-state index in [0.29, 0.717) is 0 Å². The molecule has 0 aliphatic carbocycles. The number of carbonyl (C=O) groups is 1. The molecule has 0 rings (SSSR count). The van der Waals surface area contributed by atoms with Crippen molar-refractivity contribution in [2.24, 2.45) is 11.7 Å². The maximum Gasteiger partial charge on any atom is 0.323 e. The summed E-state index contributed by atoms with van der Waals surface area (Å²) in [6.07, 6.45) is 0.791. The van der Waals surface area contributed by atoms with Gasteiger partial charge in [0.15, 0.2) is 0 Å². The van der Waals surface area contributed by atoms with Crippen molar-refractivity contribution in [2.75, 3.05) is 0 Å². The predicted molar refractivity (Wildman–Crippen MR) is 46.9 cm³/mol. The Balaban J connectivity index is 0. The second kappa shape index (κ2) is 4.57. The molecular weight excluding hydrogens is 166 g/mol. The average Bonchev–Trinajstić information content (AvgIpc) is 1.86. The maximum atomic E-state index is 10.5. The Labute approximate surface area is 73.4 Å². The van der Waals surface area contributed by atoms with Gasteiger partial charge in [-0.3, -0.25) is 4.79 Å². The molecule has 2 unspecified atom stereocenters. The zero-order valence-electron chi connectivity index (χ0n) is 7.13. The molecule has 0 saturated carbocycles. The molecule has 3 N–H and O–H groups in total. The van der Waals surface area contributed by atoms with Gasteiger partial charge in [0.05, 0.1) is 0 Å². The van der Waals surface area contributed by atoms with Crippen molar-refractivity contribution < 1.29 is 9.90 Å². The molecule has 0 heterocycles. The van der Waals surface area contributed by atoms with Crippen molar-refractivity contribution in [2.45, 2.75) is 32.7 Å². The van der Waals surface area contributed by atoms with E-state index in [1.807, 2.05) is 13.8 Å². The van der Waals surface area contributed by atoms with Crippen LogP contribution < -0.4 is 5.73 Å². The Kier molecular flexibility index (Phi) is 5.53. The van der Waals surface area contributed by atoms with Gasteiger partial charge in [-0.25, -0.2) is 0 Å². The van der Waals surface area contributed by atoms with Crippen molar-refractivity contribution in [3.8, 4) is 0 Å². The fourth-order valence-electron chi connectivity index (χ4n) is 0.635. The summed E-state index contributed by atoms with van der Waals surface area (Å²) in [5.74, 6) is -0.910. The molecule has 0 spiro atoms. The van der Waals surface area contributed by atoms with Gasteiger partial charge in [0.2, 0.25) is 0 Å². The first kappa shape index (κ1) is 13.3. The number of carboxylic acid groups (broad SMARTS) is 1. The van der Waals surface area contributed by atoms with Crippen LogP contribution >= 0.6 is 12.4 Å². The average molecular weight is 182 g/mol. The molecule has 0 aliphatic heterocycles. The maximum absolute atomic E-state index is 10.5. The molecule has 0 radical (unpaired) electrons. The third-order valence-electron chi connectivity index (χ3n) is 2.10. The van der Waals surface area contributed by atoms with Crippen LogP contribution in [0.4, 0.5) is 0 Å². The second-order valence-corrected chi connectivity index (χ2v) is 2.90. The van der Waals surface area contributed by atoms with Crippen LogP contribution in [0, 0.1) is 5.92 Å². The molecule has 0 bridgehead atoms. The van der Waals surface area contributed by atoms with Gasteiger partial charge < -0.3 is 10.8 Å². The Morgan fingerprint density at radius 1 is 1.73 bits per heavy atom. The van der Waals surface area contributed by atoms with Crippen LogP contribution in [0.15, 0.2) is 0 Å². The highest BCUT2D eigenvalue weighted by Crippen LogP contribution is 2.16. The normalized spacial score (nSPS) is 17.8. The van der Waals surface area contributed by atoms with Crippen molar-refractivity contribution in [1.82, 2.24) is 0 Å². The third-order valence-corrected chi connectivity index (χ3v) is 2.10. The fraction of sp³-hybridized carbons (Fsp3) is 0.857. The summed E-state index contributed by atoms with van der Waals surface area (Å²) in [7, 11) is 0. The van der Waals surface area contributed by atoms with Gasteiger partial charge >= 0.3 is 5.97 Å². The molecule has 68 valence electrons. The molecule has 2 atom stereocenters. The van der Waals surface area contributed by atoms with E-state index in [0.717, 1.165) is 6.42 Å². The van der Waals surface area contributed by atoms with E-state index in [-0.39, 0.29) is 18.3 Å². The molecular formula is C7H16ClNO2. The molecule has 0 amide bonds. The minimum absolute atomic E-state index is 0. The minimum Gasteiger partial charge on any atom is -0.480 e. The van der Waals surface area contributed by atoms with Crippen LogP contribution in [-0.2, 0) is 4.79 Å². The van der Waals surface area contributed by atoms with Gasteiger partial charge in [-0.15, -0.1) is 12.4 Å². The molecule has 0 fully saturated rings. The van der Waals surface area contributed by atoms with Crippen molar-refractivity contribution in [1.29, 1.82) is 0 Å². The standard InChI is InChI=1S/C7H15NO2.ClH/c1-4-5(2)7(3,8)6(9)10;/h5H,4,8H2,1-3H3,(H,9,10);1H. The Morgan fingerprint density at radius 3 is 2.18 bits per heavy atom. The zero-order valence-corrected chi connectivity index (χ0v) is 7.94. The van der Waals surface area contributed by atoms with Gasteiger partial charge in [-0.1, -0.05) is 20.3 Å². The van der Waals surface area contributed by atoms with Gasteiger partial charge in [0.25, 0.3) is 0 Å². The number of hydrogen-bond donors (Lipinski definition) is 2. The topological polar surface area (TPSA) is 63.3 Å². The number of hydrogen-bond acceptors (Lipinski definition) is 2. The Hall–Kier alpha value is -0.280. The first-order chi connectivity index (χ1) is 4.42. The van der Waals surface area contributed by atoms with E-state index < -0.39 is 11.5 Å². The van der Waals surface area contributed by atoms with E-state index >= 15 is 0 Å². The van der Waals surface area contributed by atoms with Crippen molar-refractivity contribution >= 4 is 18.4 Å². The van der Waals surface area contributed by atoms with E-state index in [2.05, 4.69) is 0 Å². The van der Waals surface area contributed by atoms with E-state index in [4.69, 9.17) is 10.8 Å². The highest BCUT2D eigenvalue weighted by atomic mass is 35.5. The smallest absolute Gasteiger partial charge is 0.323 e. The molecule has 0 saturated heterocycles. The lowest BCUT2D eigenvalue weighted by atomic mass is 9.86. The van der Waals surface area contributed by atoms with Gasteiger partial charge in [-0.05, 0) is 12.8 Å². The van der Waals surface area contributed by atoms with Crippen LogP contribution in [-0.4, -0.2) is 16.6 Å². The fourth-order valence-corrected chi connectivity index (χ4v) is 0.635. The van der Waals surface area contributed by atoms with Gasteiger partial charge in [-0.2, -0.15) is 0 Å². The van der Waals surface area contributed by atoms with Crippen LogP contribution in [0.1, 0.15) is 27.2 Å². The zero-order chi connectivity index (χ0) is 8.36. The van der Waals surface area contributed by atoms with E-state index in [1.54, 1.807) is 6.92 Å². The summed E-state index contributed by atoms with van der Waals surface area (Å²) in [5.41, 5.74) is 4.44. The molecule has 0 aromatic heterocycles. The number of carboxylic acids is 1. The summed E-state index contributed by atoms with van der Waals surface area (Å²) in [4.78, 5) is 10.5. The third kappa shape index (κ3) is 3.08. The number of aliphatic carboxylic acids is 1. The van der Waals surface area contributed by atoms with Crippen LogP contribution in [0.25, 0.3) is 0 Å². The molecule has 4 heteroatoms. The Bertz CT molecular complexity index is 136. The summed E-state index contributed by atoms with van der Waals surface area (Å²) in [6, 6.07) is 0. The number of rotatable bonds is 3. The van der Waals surface area contributed by atoms with Crippen LogP contribution in [0.2, 0.25) is 0 Å². The van der Waals surface area contributed by atoms with Gasteiger partial charge in [0, 0.05) is 0 Å². The molecule has 0 aliphatic rings. The summed E-state index contributed by atoms with van der Waals surface area (Å²) in [5, 5.41) is 8.62. The monoisotopic (exact) mass is 181 g/mol. The summed E-state index contributed by atoms with van der Waals surface area (Å²) in [6.45, 7) is 5.32. The lowest BCUT2D eigenvalue weighted by Crippen LogP contribution is -2.50. The van der Waals surface area contributed by atoms with Gasteiger partial charge in [0.1, 0.15) is 5.54 Å². The molecule has 0 aromatic rings. The summed E-state index contributed by atoms with van der Waals surface area (Å²) >= 11 is 0. The SMILES string of the molecule is CCC(C)C(C)(N)C(=O)O.Cl. The Morgan fingerprint density at radius 2 is 2.09 bits per heavy atom. The number of nitrogens with two attached hydrogens (primary N) is 1. The quantitative estimate of drug-likeness (QED) is 0.689. The van der Waals surface area contributed by atoms with E-state index in [1.165, 1.54) is 0 Å². The molecule has 0 aromatic carbocycles. The van der Waals surface area contributed by atoms with Crippen molar-refractivity contribution in [3.63, 3.8) is 0 Å². The number of halogens is 1. The lowest BCUT2D eigenvalue weighted by Gasteiger charge is -2.25. The van der Waals surface area contributed by atoms with Crippen LogP contribution in [0.5, 0.6) is 0 Å². The van der Waals surface area contributed by atoms with Crippen molar-refractivity contribution in [3.05, 3.63) is 0 Å². The minimum atomic E-state index is -1.07.